The van der Waals surface area contributed by atoms with Crippen LogP contribution in [0.5, 0.6) is 0 Å². The lowest BCUT2D eigenvalue weighted by Crippen LogP contribution is -1.97. The Kier molecular flexibility index (Phi) is 3.41. The molecule has 0 spiro atoms. The summed E-state index contributed by atoms with van der Waals surface area (Å²) in [7, 11) is 0. The zero-order valence-electron chi connectivity index (χ0n) is 7.47. The van der Waals surface area contributed by atoms with E-state index in [1.54, 1.807) is 5.57 Å². The monoisotopic (exact) mass is 150 g/mol. The van der Waals surface area contributed by atoms with Crippen molar-refractivity contribution in [2.45, 2.75) is 39.0 Å². The first-order valence-corrected chi connectivity index (χ1v) is 4.66. The van der Waals surface area contributed by atoms with Crippen LogP contribution in [-0.4, -0.2) is 0 Å². The molecule has 0 heterocycles. The van der Waals surface area contributed by atoms with Crippen molar-refractivity contribution in [3.05, 3.63) is 24.3 Å². The first-order chi connectivity index (χ1) is 5.38. The highest BCUT2D eigenvalue weighted by Crippen LogP contribution is 2.28. The van der Waals surface area contributed by atoms with Gasteiger partial charge >= 0.3 is 0 Å². The summed E-state index contributed by atoms with van der Waals surface area (Å²) < 4.78 is 0. The Morgan fingerprint density at radius 3 is 2.82 bits per heavy atom. The van der Waals surface area contributed by atoms with E-state index in [9.17, 15) is 0 Å². The topological polar surface area (TPSA) is 0 Å². The highest BCUT2D eigenvalue weighted by atomic mass is 14.2. The third kappa shape index (κ3) is 2.21. The fraction of sp³-hybridized carbons (Fsp3) is 0.636. The summed E-state index contributed by atoms with van der Waals surface area (Å²) in [6.07, 6.45) is 11.2. The summed E-state index contributed by atoms with van der Waals surface area (Å²) in [4.78, 5) is 0. The van der Waals surface area contributed by atoms with Crippen LogP contribution in [0.2, 0.25) is 0 Å². The summed E-state index contributed by atoms with van der Waals surface area (Å²) in [5.74, 6) is 0.683. The molecule has 1 rings (SSSR count). The molecule has 0 heteroatoms. The van der Waals surface area contributed by atoms with Crippen molar-refractivity contribution in [1.82, 2.24) is 0 Å². The van der Waals surface area contributed by atoms with E-state index in [-0.39, 0.29) is 0 Å². The fourth-order valence-corrected chi connectivity index (χ4v) is 1.87. The second-order valence-corrected chi connectivity index (χ2v) is 3.31. The molecular formula is C11H18. The maximum Gasteiger partial charge on any atom is -0.00261 e. The number of rotatable bonds is 1. The molecule has 0 saturated heterocycles. The van der Waals surface area contributed by atoms with Crippen molar-refractivity contribution in [2.75, 3.05) is 0 Å². The average Bonchev–Trinajstić information content (AvgIpc) is 2.27. The predicted octanol–water partition coefficient (Wildman–Crippen LogP) is 3.70. The Morgan fingerprint density at radius 2 is 2.18 bits per heavy atom. The first-order valence-electron chi connectivity index (χ1n) is 4.66. The predicted molar refractivity (Wildman–Crippen MR) is 50.5 cm³/mol. The third-order valence-electron chi connectivity index (χ3n) is 2.61. The van der Waals surface area contributed by atoms with Gasteiger partial charge in [-0.15, -0.1) is 6.58 Å². The molecule has 1 aliphatic rings. The highest BCUT2D eigenvalue weighted by Gasteiger charge is 2.12. The average molecular weight is 150 g/mol. The molecule has 62 valence electrons. The SMILES string of the molecule is C=CC1CCCCCC1=CC. The minimum absolute atomic E-state index is 0.683. The van der Waals surface area contributed by atoms with Gasteiger partial charge in [0.2, 0.25) is 0 Å². The van der Waals surface area contributed by atoms with Crippen molar-refractivity contribution in [3.63, 3.8) is 0 Å². The first kappa shape index (κ1) is 8.58. The fourth-order valence-electron chi connectivity index (χ4n) is 1.87. The van der Waals surface area contributed by atoms with Crippen molar-refractivity contribution < 1.29 is 0 Å². The van der Waals surface area contributed by atoms with E-state index in [0.717, 1.165) is 0 Å². The van der Waals surface area contributed by atoms with Gasteiger partial charge in [-0.25, -0.2) is 0 Å². The third-order valence-corrected chi connectivity index (χ3v) is 2.61. The highest BCUT2D eigenvalue weighted by molar-refractivity contribution is 5.12. The van der Waals surface area contributed by atoms with Crippen molar-refractivity contribution >= 4 is 0 Å². The summed E-state index contributed by atoms with van der Waals surface area (Å²) in [6, 6.07) is 0. The van der Waals surface area contributed by atoms with Gasteiger partial charge in [0, 0.05) is 0 Å². The van der Waals surface area contributed by atoms with Gasteiger partial charge in [0.15, 0.2) is 0 Å². The number of hydrogen-bond acceptors (Lipinski definition) is 0. The van der Waals surface area contributed by atoms with Gasteiger partial charge in [-0.3, -0.25) is 0 Å². The molecule has 0 N–H and O–H groups in total. The Balaban J connectivity index is 2.62. The minimum atomic E-state index is 0.683. The molecule has 0 amide bonds. The van der Waals surface area contributed by atoms with Gasteiger partial charge in [0.1, 0.15) is 0 Å². The molecule has 1 saturated carbocycles. The maximum atomic E-state index is 3.88. The molecule has 1 atom stereocenters. The van der Waals surface area contributed by atoms with E-state index in [0.29, 0.717) is 5.92 Å². The summed E-state index contributed by atoms with van der Waals surface area (Å²) in [5.41, 5.74) is 1.61. The summed E-state index contributed by atoms with van der Waals surface area (Å²) in [6.45, 7) is 6.03. The molecule has 1 aliphatic carbocycles. The van der Waals surface area contributed by atoms with Crippen LogP contribution in [0.4, 0.5) is 0 Å². The van der Waals surface area contributed by atoms with Gasteiger partial charge in [-0.05, 0) is 32.1 Å². The standard InChI is InChI=1S/C11H18/c1-3-10-8-6-5-7-9-11(10)4-2/h3-4,10H,1,5-9H2,2H3. The second kappa shape index (κ2) is 4.38. The van der Waals surface area contributed by atoms with Gasteiger partial charge in [0.25, 0.3) is 0 Å². The van der Waals surface area contributed by atoms with Crippen LogP contribution in [0, 0.1) is 5.92 Å². The number of allylic oxidation sites excluding steroid dienone is 3. The molecule has 0 bridgehead atoms. The Morgan fingerprint density at radius 1 is 1.36 bits per heavy atom. The lowest BCUT2D eigenvalue weighted by atomic mass is 9.94. The Hall–Kier alpha value is -0.520. The van der Waals surface area contributed by atoms with E-state index in [1.165, 1.54) is 32.1 Å². The quantitative estimate of drug-likeness (QED) is 0.395. The molecule has 0 radical (unpaired) electrons. The van der Waals surface area contributed by atoms with E-state index in [4.69, 9.17) is 0 Å². The van der Waals surface area contributed by atoms with Crippen molar-refractivity contribution in [2.24, 2.45) is 5.92 Å². The van der Waals surface area contributed by atoms with E-state index < -0.39 is 0 Å². The lowest BCUT2D eigenvalue weighted by molar-refractivity contribution is 0.642. The van der Waals surface area contributed by atoms with Crippen LogP contribution in [-0.2, 0) is 0 Å². The zero-order chi connectivity index (χ0) is 8.10. The van der Waals surface area contributed by atoms with Crippen molar-refractivity contribution in [3.8, 4) is 0 Å². The van der Waals surface area contributed by atoms with Crippen LogP contribution in [0.15, 0.2) is 24.3 Å². The molecule has 1 unspecified atom stereocenters. The van der Waals surface area contributed by atoms with Gasteiger partial charge in [-0.1, -0.05) is 30.6 Å². The molecular weight excluding hydrogens is 132 g/mol. The smallest absolute Gasteiger partial charge is 0.00261 e. The Bertz CT molecular complexity index is 153. The van der Waals surface area contributed by atoms with E-state index in [2.05, 4.69) is 25.7 Å². The largest absolute Gasteiger partial charge is 0.102 e. The normalized spacial score (nSPS) is 29.9. The van der Waals surface area contributed by atoms with Crippen LogP contribution in [0.3, 0.4) is 0 Å². The molecule has 0 nitrogen and oxygen atoms in total. The van der Waals surface area contributed by atoms with Gasteiger partial charge < -0.3 is 0 Å². The zero-order valence-corrected chi connectivity index (χ0v) is 7.47. The summed E-state index contributed by atoms with van der Waals surface area (Å²) >= 11 is 0. The maximum absolute atomic E-state index is 3.88. The van der Waals surface area contributed by atoms with Crippen LogP contribution < -0.4 is 0 Å². The molecule has 0 aliphatic heterocycles. The Labute approximate surface area is 70.0 Å². The molecule has 11 heavy (non-hydrogen) atoms. The van der Waals surface area contributed by atoms with Gasteiger partial charge in [0.05, 0.1) is 0 Å². The van der Waals surface area contributed by atoms with Gasteiger partial charge in [-0.2, -0.15) is 0 Å². The molecule has 0 aromatic rings. The lowest BCUT2D eigenvalue weighted by Gasteiger charge is -2.11. The molecule has 1 fully saturated rings. The van der Waals surface area contributed by atoms with Crippen LogP contribution in [0.25, 0.3) is 0 Å². The molecule has 0 aromatic heterocycles. The van der Waals surface area contributed by atoms with E-state index in [1.807, 2.05) is 0 Å². The second-order valence-electron chi connectivity index (χ2n) is 3.31. The summed E-state index contributed by atoms with van der Waals surface area (Å²) in [5, 5.41) is 0. The van der Waals surface area contributed by atoms with E-state index >= 15 is 0 Å². The molecule has 0 aromatic carbocycles. The van der Waals surface area contributed by atoms with Crippen LogP contribution in [0.1, 0.15) is 39.0 Å². The number of hydrogen-bond donors (Lipinski definition) is 0. The van der Waals surface area contributed by atoms with Crippen LogP contribution >= 0.6 is 0 Å². The minimum Gasteiger partial charge on any atom is -0.102 e. The van der Waals surface area contributed by atoms with Crippen molar-refractivity contribution in [1.29, 1.82) is 0 Å².